The van der Waals surface area contributed by atoms with Gasteiger partial charge >= 0.3 is 0 Å². The van der Waals surface area contributed by atoms with Gasteiger partial charge in [0.1, 0.15) is 0 Å². The highest BCUT2D eigenvalue weighted by Gasteiger charge is 2.31. The zero-order valence-electron chi connectivity index (χ0n) is 12.9. The lowest BCUT2D eigenvalue weighted by Gasteiger charge is -2.35. The van der Waals surface area contributed by atoms with E-state index in [9.17, 15) is 8.42 Å². The van der Waals surface area contributed by atoms with Gasteiger partial charge in [-0.05, 0) is 32.1 Å². The van der Waals surface area contributed by atoms with Crippen molar-refractivity contribution in [1.29, 1.82) is 0 Å². The van der Waals surface area contributed by atoms with Gasteiger partial charge in [0, 0.05) is 30.9 Å². The topological polar surface area (TPSA) is 61.4 Å². The van der Waals surface area contributed by atoms with Gasteiger partial charge in [0.05, 0.1) is 0 Å². The van der Waals surface area contributed by atoms with Gasteiger partial charge in [-0.25, -0.2) is 4.72 Å². The van der Waals surface area contributed by atoms with Gasteiger partial charge in [-0.3, -0.25) is 0 Å². The Bertz CT molecular complexity index is 363. The number of rotatable bonds is 9. The van der Waals surface area contributed by atoms with Crippen LogP contribution in [0.1, 0.15) is 39.5 Å². The van der Waals surface area contributed by atoms with Crippen LogP contribution in [-0.4, -0.2) is 56.4 Å². The van der Waals surface area contributed by atoms with Gasteiger partial charge in [0.25, 0.3) is 10.2 Å². The molecule has 1 heterocycles. The van der Waals surface area contributed by atoms with Crippen molar-refractivity contribution >= 4 is 22.0 Å². The summed E-state index contributed by atoms with van der Waals surface area (Å²) < 4.78 is 29.3. The first-order chi connectivity index (χ1) is 9.51. The molecule has 1 fully saturated rings. The minimum absolute atomic E-state index is 0.0948. The third kappa shape index (κ3) is 5.89. The van der Waals surface area contributed by atoms with E-state index in [1.54, 1.807) is 16.1 Å². The molecule has 5 nitrogen and oxygen atoms in total. The van der Waals surface area contributed by atoms with Gasteiger partial charge in [-0.2, -0.15) is 24.5 Å². The lowest BCUT2D eigenvalue weighted by atomic mass is 10.1. The highest BCUT2D eigenvalue weighted by molar-refractivity contribution is 7.99. The molecule has 0 aromatic rings. The summed E-state index contributed by atoms with van der Waals surface area (Å²) in [7, 11) is -3.34. The van der Waals surface area contributed by atoms with Gasteiger partial charge < -0.3 is 5.32 Å². The Hall–Kier alpha value is 0.180. The van der Waals surface area contributed by atoms with Gasteiger partial charge in [0.15, 0.2) is 0 Å². The number of nitrogens with zero attached hydrogens (tertiary/aromatic N) is 1. The quantitative estimate of drug-likeness (QED) is 0.630. The Morgan fingerprint density at radius 3 is 2.80 bits per heavy atom. The Kier molecular flexibility index (Phi) is 8.43. The lowest BCUT2D eigenvalue weighted by Crippen LogP contribution is -2.53. The molecule has 7 heteroatoms. The summed E-state index contributed by atoms with van der Waals surface area (Å²) >= 11 is 1.67. The standard InChI is InChI=1S/C13H29N3O2S2/c1-4-8-14-11-13-7-5-6-9-16(13)20(17,18)15-10-12(2)19-3/h12-15H,4-11H2,1-3H3. The van der Waals surface area contributed by atoms with Crippen molar-refractivity contribution in [1.82, 2.24) is 14.3 Å². The molecule has 1 saturated heterocycles. The molecule has 2 N–H and O–H groups in total. The molecular formula is C13H29N3O2S2. The average molecular weight is 324 g/mol. The fourth-order valence-electron chi connectivity index (χ4n) is 2.33. The molecule has 1 rings (SSSR count). The van der Waals surface area contributed by atoms with Gasteiger partial charge in [0.2, 0.25) is 0 Å². The molecule has 2 atom stereocenters. The molecule has 0 radical (unpaired) electrons. The largest absolute Gasteiger partial charge is 0.315 e. The molecule has 0 bridgehead atoms. The van der Waals surface area contributed by atoms with Gasteiger partial charge in [-0.1, -0.05) is 20.3 Å². The zero-order valence-corrected chi connectivity index (χ0v) is 14.5. The number of piperidine rings is 1. The van der Waals surface area contributed by atoms with Crippen LogP contribution in [0.4, 0.5) is 0 Å². The van der Waals surface area contributed by atoms with Crippen molar-refractivity contribution in [3.05, 3.63) is 0 Å². The molecule has 20 heavy (non-hydrogen) atoms. The van der Waals surface area contributed by atoms with Crippen molar-refractivity contribution < 1.29 is 8.42 Å². The van der Waals surface area contributed by atoms with Crippen LogP contribution < -0.4 is 10.0 Å². The highest BCUT2D eigenvalue weighted by atomic mass is 32.2. The van der Waals surface area contributed by atoms with Crippen LogP contribution >= 0.6 is 11.8 Å². The van der Waals surface area contributed by atoms with Crippen molar-refractivity contribution in [3.8, 4) is 0 Å². The first-order valence-corrected chi connectivity index (χ1v) is 10.2. The predicted octanol–water partition coefficient (Wildman–Crippen LogP) is 1.43. The first kappa shape index (κ1) is 18.2. The summed E-state index contributed by atoms with van der Waals surface area (Å²) in [6, 6.07) is 0.0948. The monoisotopic (exact) mass is 323 g/mol. The number of hydrogen-bond acceptors (Lipinski definition) is 4. The second-order valence-corrected chi connectivity index (χ2v) is 8.35. The summed E-state index contributed by atoms with van der Waals surface area (Å²) in [5.74, 6) is 0. The number of thioether (sulfide) groups is 1. The molecule has 1 aliphatic heterocycles. The van der Waals surface area contributed by atoms with Crippen LogP contribution in [-0.2, 0) is 10.2 Å². The zero-order chi connectivity index (χ0) is 15.0. The first-order valence-electron chi connectivity index (χ1n) is 7.51. The lowest BCUT2D eigenvalue weighted by molar-refractivity contribution is 0.243. The molecule has 0 aliphatic carbocycles. The molecule has 0 spiro atoms. The fraction of sp³-hybridized carbons (Fsp3) is 1.00. The van der Waals surface area contributed by atoms with E-state index in [4.69, 9.17) is 0 Å². The molecule has 0 aromatic carbocycles. The second-order valence-electron chi connectivity index (χ2n) is 5.36. The van der Waals surface area contributed by atoms with E-state index in [1.807, 2.05) is 13.2 Å². The van der Waals surface area contributed by atoms with Crippen molar-refractivity contribution in [3.63, 3.8) is 0 Å². The minimum Gasteiger partial charge on any atom is -0.315 e. The second kappa shape index (κ2) is 9.25. The third-order valence-electron chi connectivity index (χ3n) is 3.64. The van der Waals surface area contributed by atoms with E-state index in [2.05, 4.69) is 17.0 Å². The van der Waals surface area contributed by atoms with Crippen LogP contribution in [0.2, 0.25) is 0 Å². The highest BCUT2D eigenvalue weighted by Crippen LogP contribution is 2.19. The number of nitrogens with one attached hydrogen (secondary N) is 2. The summed E-state index contributed by atoms with van der Waals surface area (Å²) in [5.41, 5.74) is 0. The molecule has 2 unspecified atom stereocenters. The fourth-order valence-corrected chi connectivity index (χ4v) is 4.25. The summed E-state index contributed by atoms with van der Waals surface area (Å²) in [6.07, 6.45) is 6.10. The average Bonchev–Trinajstić information content (AvgIpc) is 2.45. The maximum atomic E-state index is 12.4. The van der Waals surface area contributed by atoms with E-state index in [0.717, 1.165) is 38.8 Å². The summed E-state index contributed by atoms with van der Waals surface area (Å²) in [5, 5.41) is 3.64. The normalized spacial score (nSPS) is 22.9. The minimum atomic E-state index is -3.34. The van der Waals surface area contributed by atoms with Crippen molar-refractivity contribution in [2.75, 3.05) is 32.4 Å². The maximum absolute atomic E-state index is 12.4. The van der Waals surface area contributed by atoms with Crippen LogP contribution in [0.25, 0.3) is 0 Å². The van der Waals surface area contributed by atoms with E-state index in [0.29, 0.717) is 18.3 Å². The van der Waals surface area contributed by atoms with E-state index in [-0.39, 0.29) is 6.04 Å². The Labute approximate surface area is 128 Å². The molecular weight excluding hydrogens is 294 g/mol. The number of hydrogen-bond donors (Lipinski definition) is 2. The van der Waals surface area contributed by atoms with Crippen molar-refractivity contribution in [2.45, 2.75) is 50.8 Å². The van der Waals surface area contributed by atoms with E-state index >= 15 is 0 Å². The molecule has 0 amide bonds. The third-order valence-corrected chi connectivity index (χ3v) is 6.25. The molecule has 0 aromatic heterocycles. The SMILES string of the molecule is CCCNCC1CCCCN1S(=O)(=O)NCC(C)SC. The smallest absolute Gasteiger partial charge is 0.279 e. The van der Waals surface area contributed by atoms with Gasteiger partial charge in [-0.15, -0.1) is 0 Å². The Morgan fingerprint density at radius 1 is 1.40 bits per heavy atom. The summed E-state index contributed by atoms with van der Waals surface area (Å²) in [6.45, 7) is 6.99. The Balaban J connectivity index is 2.58. The van der Waals surface area contributed by atoms with Crippen molar-refractivity contribution in [2.24, 2.45) is 0 Å². The van der Waals surface area contributed by atoms with E-state index < -0.39 is 10.2 Å². The predicted molar refractivity (Wildman–Crippen MR) is 87.4 cm³/mol. The molecule has 0 saturated carbocycles. The van der Waals surface area contributed by atoms with Crippen LogP contribution in [0.15, 0.2) is 0 Å². The van der Waals surface area contributed by atoms with Crippen LogP contribution in [0, 0.1) is 0 Å². The van der Waals surface area contributed by atoms with E-state index in [1.165, 1.54) is 0 Å². The van der Waals surface area contributed by atoms with Crippen LogP contribution in [0.5, 0.6) is 0 Å². The Morgan fingerprint density at radius 2 is 2.15 bits per heavy atom. The molecule has 120 valence electrons. The molecule has 1 aliphatic rings. The maximum Gasteiger partial charge on any atom is 0.279 e. The van der Waals surface area contributed by atoms with Crippen LogP contribution in [0.3, 0.4) is 0 Å². The summed E-state index contributed by atoms with van der Waals surface area (Å²) in [4.78, 5) is 0.